The fourth-order valence-electron chi connectivity index (χ4n) is 2.28. The van der Waals surface area contributed by atoms with Gasteiger partial charge in [-0.05, 0) is 20.1 Å². The Morgan fingerprint density at radius 3 is 2.32 bits per heavy atom. The zero-order valence-electron chi connectivity index (χ0n) is 14.3. The number of halogens is 1. The van der Waals surface area contributed by atoms with Gasteiger partial charge in [0.1, 0.15) is 0 Å². The number of piperazine rings is 1. The van der Waals surface area contributed by atoms with Crippen LogP contribution in [0, 0.1) is 0 Å². The van der Waals surface area contributed by atoms with Gasteiger partial charge in [-0.2, -0.15) is 11.8 Å². The van der Waals surface area contributed by atoms with Gasteiger partial charge < -0.3 is 16.0 Å². The fraction of sp³-hybridized carbons (Fsp3) is 0.857. The number of hydrogen-bond donors (Lipinski definition) is 2. The van der Waals surface area contributed by atoms with Crippen LogP contribution < -0.4 is 11.1 Å². The van der Waals surface area contributed by atoms with Gasteiger partial charge in [-0.3, -0.25) is 14.7 Å². The van der Waals surface area contributed by atoms with Gasteiger partial charge in [0.2, 0.25) is 5.91 Å². The second-order valence-corrected chi connectivity index (χ2v) is 7.15. The molecule has 1 saturated heterocycles. The summed E-state index contributed by atoms with van der Waals surface area (Å²) in [6.45, 7) is 10.2. The van der Waals surface area contributed by atoms with E-state index < -0.39 is 5.54 Å². The van der Waals surface area contributed by atoms with E-state index in [1.54, 1.807) is 0 Å². The molecule has 1 unspecified atom stereocenters. The van der Waals surface area contributed by atoms with E-state index in [1.165, 1.54) is 0 Å². The molecule has 130 valence electrons. The van der Waals surface area contributed by atoms with Gasteiger partial charge in [-0.25, -0.2) is 0 Å². The van der Waals surface area contributed by atoms with Crippen molar-refractivity contribution < 1.29 is 4.79 Å². The van der Waals surface area contributed by atoms with Crippen molar-refractivity contribution in [1.82, 2.24) is 15.1 Å². The molecule has 1 aliphatic rings. The Kier molecular flexibility index (Phi) is 9.72. The molecule has 1 amide bonds. The van der Waals surface area contributed by atoms with Gasteiger partial charge >= 0.3 is 0 Å². The molecule has 0 aromatic rings. The Morgan fingerprint density at radius 1 is 1.36 bits per heavy atom. The lowest BCUT2D eigenvalue weighted by molar-refractivity contribution is -0.129. The smallest absolute Gasteiger partial charge is 0.237 e. The fourth-order valence-corrected chi connectivity index (χ4v) is 2.53. The number of primary amides is 1. The second kappa shape index (κ2) is 9.82. The summed E-state index contributed by atoms with van der Waals surface area (Å²) in [5, 5.41) is 3.96. The van der Waals surface area contributed by atoms with Crippen molar-refractivity contribution >= 4 is 47.6 Å². The summed E-state index contributed by atoms with van der Waals surface area (Å²) in [5.41, 5.74) is 4.90. The molecule has 0 aliphatic carbocycles. The SMILES string of the molecule is CN=C(NCC(C)SC)N1CCN(C(C)(C)C(N)=O)CC1.I. The minimum atomic E-state index is -0.587. The summed E-state index contributed by atoms with van der Waals surface area (Å²) < 4.78 is 0. The predicted octanol–water partition coefficient (Wildman–Crippen LogP) is 0.813. The van der Waals surface area contributed by atoms with Crippen LogP contribution >= 0.6 is 35.7 Å². The summed E-state index contributed by atoms with van der Waals surface area (Å²) in [7, 11) is 1.81. The summed E-state index contributed by atoms with van der Waals surface area (Å²) in [6, 6.07) is 0. The standard InChI is InChI=1S/C14H29N5OS.HI/c1-11(21-5)10-17-13(16-4)18-6-8-19(9-7-18)14(2,3)12(15)20;/h11H,6-10H2,1-5H3,(H2,15,20)(H,16,17);1H. The highest BCUT2D eigenvalue weighted by molar-refractivity contribution is 14.0. The van der Waals surface area contributed by atoms with E-state index in [2.05, 4.69) is 33.3 Å². The second-order valence-electron chi connectivity index (χ2n) is 5.87. The maximum atomic E-state index is 11.5. The van der Waals surface area contributed by atoms with Gasteiger partial charge in [0, 0.05) is 45.0 Å². The first-order chi connectivity index (χ1) is 9.82. The van der Waals surface area contributed by atoms with E-state index in [9.17, 15) is 4.79 Å². The summed E-state index contributed by atoms with van der Waals surface area (Å²) in [5.74, 6) is 0.666. The lowest BCUT2D eigenvalue weighted by Crippen LogP contribution is -2.61. The molecular formula is C14H30IN5OS. The third-order valence-electron chi connectivity index (χ3n) is 4.13. The van der Waals surface area contributed by atoms with Crippen LogP contribution in [0.1, 0.15) is 20.8 Å². The van der Waals surface area contributed by atoms with E-state index in [-0.39, 0.29) is 29.9 Å². The van der Waals surface area contributed by atoms with Crippen LogP contribution in [0.15, 0.2) is 4.99 Å². The van der Waals surface area contributed by atoms with Gasteiger partial charge in [-0.15, -0.1) is 24.0 Å². The van der Waals surface area contributed by atoms with E-state index in [4.69, 9.17) is 5.73 Å². The number of hydrogen-bond acceptors (Lipinski definition) is 4. The van der Waals surface area contributed by atoms with Gasteiger partial charge in [-0.1, -0.05) is 6.92 Å². The highest BCUT2D eigenvalue weighted by Crippen LogP contribution is 2.16. The molecule has 0 bridgehead atoms. The average molecular weight is 443 g/mol. The first-order valence-corrected chi connectivity index (χ1v) is 8.65. The molecule has 0 radical (unpaired) electrons. The normalized spacial score (nSPS) is 18.6. The number of aliphatic imine (C=N–C) groups is 1. The molecule has 0 aromatic carbocycles. The summed E-state index contributed by atoms with van der Waals surface area (Å²) in [6.07, 6.45) is 2.11. The topological polar surface area (TPSA) is 74.0 Å². The molecule has 8 heteroatoms. The Hall–Kier alpha value is -0.220. The average Bonchev–Trinajstić information content (AvgIpc) is 2.47. The first kappa shape index (κ1) is 21.8. The van der Waals surface area contributed by atoms with Crippen molar-refractivity contribution in [3.05, 3.63) is 0 Å². The highest BCUT2D eigenvalue weighted by atomic mass is 127. The summed E-state index contributed by atoms with van der Waals surface area (Å²) >= 11 is 1.84. The third kappa shape index (κ3) is 5.77. The monoisotopic (exact) mass is 443 g/mol. The largest absolute Gasteiger partial charge is 0.368 e. The number of thioether (sulfide) groups is 1. The van der Waals surface area contributed by atoms with Gasteiger partial charge in [0.05, 0.1) is 5.54 Å². The van der Waals surface area contributed by atoms with Crippen LogP contribution in [0.25, 0.3) is 0 Å². The van der Waals surface area contributed by atoms with Crippen LogP contribution in [-0.4, -0.2) is 78.5 Å². The number of nitrogens with one attached hydrogen (secondary N) is 1. The third-order valence-corrected chi connectivity index (χ3v) is 5.11. The van der Waals surface area contributed by atoms with Crippen molar-refractivity contribution in [2.45, 2.75) is 31.6 Å². The quantitative estimate of drug-likeness (QED) is 0.374. The molecule has 3 N–H and O–H groups in total. The molecule has 0 aromatic heterocycles. The molecule has 1 fully saturated rings. The molecule has 0 saturated carbocycles. The number of nitrogens with two attached hydrogens (primary N) is 1. The van der Waals surface area contributed by atoms with E-state index in [0.717, 1.165) is 38.7 Å². The molecular weight excluding hydrogens is 413 g/mol. The lowest BCUT2D eigenvalue weighted by Gasteiger charge is -2.43. The molecule has 1 aliphatic heterocycles. The van der Waals surface area contributed by atoms with Crippen molar-refractivity contribution in [2.24, 2.45) is 10.7 Å². The van der Waals surface area contributed by atoms with Crippen molar-refractivity contribution in [3.63, 3.8) is 0 Å². The van der Waals surface area contributed by atoms with Crippen LogP contribution in [0.2, 0.25) is 0 Å². The number of amides is 1. The Labute approximate surface area is 155 Å². The Balaban J connectivity index is 0.00000441. The van der Waals surface area contributed by atoms with E-state index in [0.29, 0.717) is 5.25 Å². The number of guanidine groups is 1. The summed E-state index contributed by atoms with van der Waals surface area (Å²) in [4.78, 5) is 20.3. The molecule has 22 heavy (non-hydrogen) atoms. The van der Waals surface area contributed by atoms with Gasteiger partial charge in [0.15, 0.2) is 5.96 Å². The number of nitrogens with zero attached hydrogens (tertiary/aromatic N) is 3. The van der Waals surface area contributed by atoms with Crippen molar-refractivity contribution in [2.75, 3.05) is 46.0 Å². The highest BCUT2D eigenvalue weighted by Gasteiger charge is 2.35. The maximum Gasteiger partial charge on any atom is 0.237 e. The van der Waals surface area contributed by atoms with Crippen LogP contribution in [0.3, 0.4) is 0 Å². The van der Waals surface area contributed by atoms with E-state index in [1.807, 2.05) is 32.7 Å². The van der Waals surface area contributed by atoms with Crippen LogP contribution in [0.4, 0.5) is 0 Å². The minimum Gasteiger partial charge on any atom is -0.368 e. The number of carbonyl (C=O) groups excluding carboxylic acids is 1. The molecule has 1 rings (SSSR count). The molecule has 1 atom stereocenters. The predicted molar refractivity (Wildman–Crippen MR) is 106 cm³/mol. The molecule has 0 spiro atoms. The Bertz CT molecular complexity index is 383. The molecule has 6 nitrogen and oxygen atoms in total. The van der Waals surface area contributed by atoms with Crippen LogP contribution in [-0.2, 0) is 4.79 Å². The number of carbonyl (C=O) groups is 1. The minimum absolute atomic E-state index is 0. The first-order valence-electron chi connectivity index (χ1n) is 7.36. The van der Waals surface area contributed by atoms with Gasteiger partial charge in [0.25, 0.3) is 0 Å². The lowest BCUT2D eigenvalue weighted by atomic mass is 10.0. The van der Waals surface area contributed by atoms with Crippen LogP contribution in [0.5, 0.6) is 0 Å². The van der Waals surface area contributed by atoms with Crippen molar-refractivity contribution in [1.29, 1.82) is 0 Å². The maximum absolute atomic E-state index is 11.5. The zero-order chi connectivity index (χ0) is 16.0. The van der Waals surface area contributed by atoms with E-state index >= 15 is 0 Å². The Morgan fingerprint density at radius 2 is 1.91 bits per heavy atom. The number of rotatable bonds is 5. The van der Waals surface area contributed by atoms with Crippen molar-refractivity contribution in [3.8, 4) is 0 Å². The molecule has 1 heterocycles. The zero-order valence-corrected chi connectivity index (χ0v) is 17.4.